The van der Waals surface area contributed by atoms with Crippen LogP contribution in [0, 0.1) is 0 Å². The number of nitrogens with zero attached hydrogens (tertiary/aromatic N) is 3. The predicted octanol–water partition coefficient (Wildman–Crippen LogP) is 4.50. The van der Waals surface area contributed by atoms with E-state index < -0.39 is 0 Å². The molecule has 0 radical (unpaired) electrons. The maximum absolute atomic E-state index is 12.1. The molecule has 136 valence electrons. The monoisotopic (exact) mass is 399 g/mol. The van der Waals surface area contributed by atoms with Gasteiger partial charge in [-0.2, -0.15) is 0 Å². The summed E-state index contributed by atoms with van der Waals surface area (Å²) in [6.07, 6.45) is 1.58. The van der Waals surface area contributed by atoms with Crippen molar-refractivity contribution in [2.45, 2.75) is 11.8 Å². The number of carbonyl (C=O) groups excluding carboxylic acids is 1. The Morgan fingerprint density at radius 1 is 1.19 bits per heavy atom. The number of thioether (sulfide) groups is 1. The lowest BCUT2D eigenvalue weighted by atomic mass is 10.2. The fourth-order valence-corrected chi connectivity index (χ4v) is 3.46. The highest BCUT2D eigenvalue weighted by Gasteiger charge is 2.12. The summed E-state index contributed by atoms with van der Waals surface area (Å²) >= 11 is 7.27. The Morgan fingerprint density at radius 2 is 2.07 bits per heavy atom. The minimum Gasteiger partial charge on any atom is -0.457 e. The van der Waals surface area contributed by atoms with Crippen molar-refractivity contribution in [1.29, 1.82) is 0 Å². The number of para-hydroxylation sites is 1. The molecular weight excluding hydrogens is 386 g/mol. The molecule has 0 fully saturated rings. The minimum atomic E-state index is -0.360. The average Bonchev–Trinajstić information content (AvgIpc) is 3.31. The molecule has 2 aromatic carbocycles. The number of furan rings is 1. The number of aromatic nitrogens is 3. The lowest BCUT2D eigenvalue weighted by molar-refractivity contribution is -0.142. The van der Waals surface area contributed by atoms with Gasteiger partial charge in [0.15, 0.2) is 5.16 Å². The highest BCUT2D eigenvalue weighted by Crippen LogP contribution is 2.22. The van der Waals surface area contributed by atoms with Gasteiger partial charge in [0.05, 0.1) is 11.4 Å². The SMILES string of the molecule is O=C(CSc1nncn1-c1cccc(Cl)c1)OCc1cc2ccccc2o1. The summed E-state index contributed by atoms with van der Waals surface area (Å²) < 4.78 is 12.7. The molecule has 4 aromatic rings. The Morgan fingerprint density at radius 3 is 2.93 bits per heavy atom. The van der Waals surface area contributed by atoms with Crippen LogP contribution in [0.15, 0.2) is 70.5 Å². The highest BCUT2D eigenvalue weighted by molar-refractivity contribution is 7.99. The lowest BCUT2D eigenvalue weighted by Gasteiger charge is -2.06. The molecule has 8 heteroatoms. The van der Waals surface area contributed by atoms with Gasteiger partial charge < -0.3 is 9.15 Å². The Balaban J connectivity index is 1.35. The predicted molar refractivity (Wildman–Crippen MR) is 103 cm³/mol. The van der Waals surface area contributed by atoms with Crippen molar-refractivity contribution in [3.05, 3.63) is 71.7 Å². The van der Waals surface area contributed by atoms with Gasteiger partial charge in [0.2, 0.25) is 0 Å². The molecule has 0 aliphatic rings. The molecular formula is C19H14ClN3O3S. The third kappa shape index (κ3) is 4.15. The number of halogens is 1. The zero-order chi connectivity index (χ0) is 18.6. The molecule has 4 rings (SSSR count). The van der Waals surface area contributed by atoms with Crippen molar-refractivity contribution in [2.24, 2.45) is 0 Å². The van der Waals surface area contributed by atoms with Crippen LogP contribution in [0.5, 0.6) is 0 Å². The number of carbonyl (C=O) groups is 1. The summed E-state index contributed by atoms with van der Waals surface area (Å²) in [5, 5.41) is 10.1. The van der Waals surface area contributed by atoms with Crippen molar-refractivity contribution >= 4 is 40.3 Å². The topological polar surface area (TPSA) is 70.2 Å². The Labute approximate surface area is 164 Å². The zero-order valence-electron chi connectivity index (χ0n) is 14.0. The second kappa shape index (κ2) is 7.85. The molecule has 0 saturated heterocycles. The number of benzene rings is 2. The smallest absolute Gasteiger partial charge is 0.316 e. The van der Waals surface area contributed by atoms with E-state index >= 15 is 0 Å². The van der Waals surface area contributed by atoms with Gasteiger partial charge in [0, 0.05) is 10.4 Å². The van der Waals surface area contributed by atoms with Crippen LogP contribution in [0.25, 0.3) is 16.7 Å². The van der Waals surface area contributed by atoms with E-state index in [4.69, 9.17) is 20.8 Å². The van der Waals surface area contributed by atoms with Gasteiger partial charge in [0.25, 0.3) is 0 Å². The molecule has 0 saturated carbocycles. The molecule has 0 spiro atoms. The van der Waals surface area contributed by atoms with E-state index in [1.807, 2.05) is 42.5 Å². The van der Waals surface area contributed by atoms with Gasteiger partial charge in [-0.1, -0.05) is 47.6 Å². The molecule has 0 N–H and O–H groups in total. The number of hydrogen-bond donors (Lipinski definition) is 0. The molecule has 0 atom stereocenters. The summed E-state index contributed by atoms with van der Waals surface area (Å²) in [4.78, 5) is 12.1. The normalized spacial score (nSPS) is 11.0. The van der Waals surface area contributed by atoms with Gasteiger partial charge >= 0.3 is 5.97 Å². The zero-order valence-corrected chi connectivity index (χ0v) is 15.6. The first-order chi connectivity index (χ1) is 13.2. The standard InChI is InChI=1S/C19H14ClN3O3S/c20-14-5-3-6-15(9-14)23-12-21-22-19(23)27-11-18(24)25-10-16-8-13-4-1-2-7-17(13)26-16/h1-9,12H,10-11H2. The first kappa shape index (κ1) is 17.6. The highest BCUT2D eigenvalue weighted by atomic mass is 35.5. The van der Waals surface area contributed by atoms with Crippen molar-refractivity contribution in [1.82, 2.24) is 14.8 Å². The van der Waals surface area contributed by atoms with Gasteiger partial charge in [-0.3, -0.25) is 9.36 Å². The van der Waals surface area contributed by atoms with Gasteiger partial charge in [-0.15, -0.1) is 10.2 Å². The van der Waals surface area contributed by atoms with Crippen LogP contribution < -0.4 is 0 Å². The van der Waals surface area contributed by atoms with E-state index in [1.54, 1.807) is 23.0 Å². The molecule has 2 heterocycles. The van der Waals surface area contributed by atoms with E-state index in [-0.39, 0.29) is 18.3 Å². The van der Waals surface area contributed by atoms with Crippen molar-refractivity contribution in [3.8, 4) is 5.69 Å². The minimum absolute atomic E-state index is 0.0923. The first-order valence-electron chi connectivity index (χ1n) is 8.11. The van der Waals surface area contributed by atoms with E-state index in [1.165, 1.54) is 11.8 Å². The molecule has 0 unspecified atom stereocenters. The summed E-state index contributed by atoms with van der Waals surface area (Å²) in [6, 6.07) is 16.8. The summed E-state index contributed by atoms with van der Waals surface area (Å²) in [6.45, 7) is 0.0923. The second-order valence-electron chi connectivity index (χ2n) is 5.66. The Hall–Kier alpha value is -2.77. The molecule has 0 bridgehead atoms. The van der Waals surface area contributed by atoms with E-state index in [9.17, 15) is 4.79 Å². The molecule has 0 aliphatic heterocycles. The molecule has 27 heavy (non-hydrogen) atoms. The fraction of sp³-hybridized carbons (Fsp3) is 0.105. The third-order valence-corrected chi connectivity index (χ3v) is 4.93. The first-order valence-corrected chi connectivity index (χ1v) is 9.47. The number of rotatable bonds is 6. The maximum Gasteiger partial charge on any atom is 0.316 e. The number of esters is 1. The molecule has 6 nitrogen and oxygen atoms in total. The van der Waals surface area contributed by atoms with Crippen LogP contribution in [0.1, 0.15) is 5.76 Å². The van der Waals surface area contributed by atoms with Crippen LogP contribution in [0.3, 0.4) is 0 Å². The van der Waals surface area contributed by atoms with Crippen LogP contribution in [0.4, 0.5) is 0 Å². The van der Waals surface area contributed by atoms with Crippen molar-refractivity contribution in [3.63, 3.8) is 0 Å². The van der Waals surface area contributed by atoms with Crippen LogP contribution in [-0.2, 0) is 16.1 Å². The van der Waals surface area contributed by atoms with Crippen LogP contribution in [-0.4, -0.2) is 26.5 Å². The summed E-state index contributed by atoms with van der Waals surface area (Å²) in [5.41, 5.74) is 1.60. The number of hydrogen-bond acceptors (Lipinski definition) is 6. The van der Waals surface area contributed by atoms with E-state index in [2.05, 4.69) is 10.2 Å². The molecule has 0 aliphatic carbocycles. The van der Waals surface area contributed by atoms with Gasteiger partial charge in [0.1, 0.15) is 24.3 Å². The van der Waals surface area contributed by atoms with Crippen LogP contribution in [0.2, 0.25) is 5.02 Å². The molecule has 2 aromatic heterocycles. The third-order valence-electron chi connectivity index (χ3n) is 3.77. The Kier molecular flexibility index (Phi) is 5.13. The maximum atomic E-state index is 12.1. The fourth-order valence-electron chi connectivity index (χ4n) is 2.55. The number of fused-ring (bicyclic) bond motifs is 1. The van der Waals surface area contributed by atoms with E-state index in [0.717, 1.165) is 16.7 Å². The van der Waals surface area contributed by atoms with Crippen LogP contribution >= 0.6 is 23.4 Å². The largest absolute Gasteiger partial charge is 0.457 e. The van der Waals surface area contributed by atoms with E-state index in [0.29, 0.717) is 15.9 Å². The second-order valence-corrected chi connectivity index (χ2v) is 7.04. The summed E-state index contributed by atoms with van der Waals surface area (Å²) in [7, 11) is 0. The van der Waals surface area contributed by atoms with Crippen molar-refractivity contribution in [2.75, 3.05) is 5.75 Å². The Bertz CT molecular complexity index is 1060. The van der Waals surface area contributed by atoms with Gasteiger partial charge in [-0.25, -0.2) is 0 Å². The quantitative estimate of drug-likeness (QED) is 0.351. The summed E-state index contributed by atoms with van der Waals surface area (Å²) in [5.74, 6) is 0.359. The van der Waals surface area contributed by atoms with Crippen molar-refractivity contribution < 1.29 is 13.9 Å². The van der Waals surface area contributed by atoms with Gasteiger partial charge in [-0.05, 0) is 30.3 Å². The lowest BCUT2D eigenvalue weighted by Crippen LogP contribution is -2.08. The molecule has 0 amide bonds. The average molecular weight is 400 g/mol. The number of ether oxygens (including phenoxy) is 1.